The Kier molecular flexibility index (Phi) is 5.64. The number of hydrogen-bond acceptors (Lipinski definition) is 5. The second-order valence-electron chi connectivity index (χ2n) is 8.74. The number of carboxylic acids is 1. The Hall–Kier alpha value is -2.67. The summed E-state index contributed by atoms with van der Waals surface area (Å²) in [5, 5.41) is 13.0. The maximum atomic E-state index is 13.2. The number of anilines is 1. The van der Waals surface area contributed by atoms with Crippen LogP contribution < -0.4 is 5.32 Å². The molecule has 2 bridgehead atoms. The lowest BCUT2D eigenvalue weighted by Gasteiger charge is -2.26. The number of aliphatic carboxylic acids is 1. The molecule has 164 valence electrons. The van der Waals surface area contributed by atoms with Crippen molar-refractivity contribution < 1.29 is 24.2 Å². The van der Waals surface area contributed by atoms with Gasteiger partial charge < -0.3 is 15.2 Å². The van der Waals surface area contributed by atoms with E-state index in [-0.39, 0.29) is 17.7 Å². The molecule has 4 rings (SSSR count). The van der Waals surface area contributed by atoms with Gasteiger partial charge >= 0.3 is 11.9 Å². The predicted octanol–water partition coefficient (Wildman–Crippen LogP) is 4.81. The van der Waals surface area contributed by atoms with Gasteiger partial charge in [-0.3, -0.25) is 9.59 Å². The summed E-state index contributed by atoms with van der Waals surface area (Å²) in [5.74, 6) is -2.79. The quantitative estimate of drug-likeness (QED) is 0.650. The highest BCUT2D eigenvalue weighted by Crippen LogP contribution is 2.53. The van der Waals surface area contributed by atoms with E-state index >= 15 is 0 Å². The highest BCUT2D eigenvalue weighted by molar-refractivity contribution is 7.17. The molecule has 0 spiro atoms. The molecular formula is C24H27NO5S. The zero-order valence-electron chi connectivity index (χ0n) is 18.2. The zero-order valence-corrected chi connectivity index (χ0v) is 19.0. The Morgan fingerprint density at radius 3 is 2.35 bits per heavy atom. The smallest absolute Gasteiger partial charge is 0.341 e. The number of carbonyl (C=O) groups excluding carboxylic acids is 2. The van der Waals surface area contributed by atoms with Crippen LogP contribution in [0.5, 0.6) is 0 Å². The average molecular weight is 442 g/mol. The molecule has 0 radical (unpaired) electrons. The van der Waals surface area contributed by atoms with Gasteiger partial charge in [-0.05, 0) is 68.6 Å². The Bertz CT molecular complexity index is 1070. The lowest BCUT2D eigenvalue weighted by molar-refractivity contribution is -0.148. The normalized spacial score (nSPS) is 24.3. The van der Waals surface area contributed by atoms with Gasteiger partial charge in [0.1, 0.15) is 10.6 Å². The molecule has 0 aliphatic heterocycles. The summed E-state index contributed by atoms with van der Waals surface area (Å²) in [7, 11) is 1.32. The lowest BCUT2D eigenvalue weighted by atomic mass is 9.78. The van der Waals surface area contributed by atoms with E-state index in [9.17, 15) is 19.5 Å². The number of hydrogen-bond donors (Lipinski definition) is 2. The molecule has 1 heterocycles. The first-order valence-corrected chi connectivity index (χ1v) is 11.4. The molecule has 7 heteroatoms. The van der Waals surface area contributed by atoms with Crippen molar-refractivity contribution in [1.82, 2.24) is 0 Å². The van der Waals surface area contributed by atoms with Crippen molar-refractivity contribution in [2.24, 2.45) is 23.7 Å². The zero-order chi connectivity index (χ0) is 22.4. The molecular weight excluding hydrogens is 414 g/mol. The van der Waals surface area contributed by atoms with Gasteiger partial charge in [0.15, 0.2) is 0 Å². The average Bonchev–Trinajstić information content (AvgIpc) is 3.42. The number of esters is 1. The van der Waals surface area contributed by atoms with Crippen molar-refractivity contribution >= 4 is 34.2 Å². The van der Waals surface area contributed by atoms with E-state index in [0.717, 1.165) is 46.4 Å². The van der Waals surface area contributed by atoms with E-state index in [4.69, 9.17) is 4.74 Å². The Morgan fingerprint density at radius 2 is 1.74 bits per heavy atom. The first kappa shape index (κ1) is 21.6. The fraction of sp³-hybridized carbons (Fsp3) is 0.458. The van der Waals surface area contributed by atoms with Gasteiger partial charge in [0, 0.05) is 10.4 Å². The minimum absolute atomic E-state index is 0.0643. The highest BCUT2D eigenvalue weighted by Gasteiger charge is 2.54. The number of carboxylic acid groups (broad SMARTS) is 1. The maximum Gasteiger partial charge on any atom is 0.341 e. The minimum atomic E-state index is -0.904. The molecule has 2 aliphatic carbocycles. The first-order valence-electron chi connectivity index (χ1n) is 10.6. The van der Waals surface area contributed by atoms with Gasteiger partial charge in [-0.25, -0.2) is 4.79 Å². The predicted molar refractivity (Wildman–Crippen MR) is 119 cm³/mol. The van der Waals surface area contributed by atoms with Crippen molar-refractivity contribution in [2.45, 2.75) is 40.0 Å². The monoisotopic (exact) mass is 441 g/mol. The molecule has 2 aromatic rings. The molecule has 1 amide bonds. The molecule has 2 saturated carbocycles. The maximum absolute atomic E-state index is 13.2. The molecule has 4 atom stereocenters. The summed E-state index contributed by atoms with van der Waals surface area (Å²) < 4.78 is 5.04. The fourth-order valence-corrected chi connectivity index (χ4v) is 6.46. The van der Waals surface area contributed by atoms with Crippen molar-refractivity contribution in [1.29, 1.82) is 0 Å². The molecule has 2 N–H and O–H groups in total. The lowest BCUT2D eigenvalue weighted by Crippen LogP contribution is -2.37. The van der Waals surface area contributed by atoms with E-state index in [1.54, 1.807) is 0 Å². The van der Waals surface area contributed by atoms with E-state index in [1.165, 1.54) is 18.4 Å². The van der Waals surface area contributed by atoms with Gasteiger partial charge in [0.05, 0.1) is 18.9 Å². The van der Waals surface area contributed by atoms with E-state index in [0.29, 0.717) is 10.6 Å². The molecule has 0 saturated heterocycles. The number of nitrogens with one attached hydrogen (secondary N) is 1. The van der Waals surface area contributed by atoms with Crippen molar-refractivity contribution in [3.05, 3.63) is 39.8 Å². The molecule has 1 aromatic heterocycles. The second-order valence-corrected chi connectivity index (χ2v) is 9.97. The second kappa shape index (κ2) is 8.11. The van der Waals surface area contributed by atoms with Crippen LogP contribution in [0.25, 0.3) is 11.1 Å². The number of thiophene rings is 1. The van der Waals surface area contributed by atoms with Crippen molar-refractivity contribution in [3.63, 3.8) is 0 Å². The standard InChI is InChI=1S/C24H27NO5S/c1-11-5-6-14(9-12(11)2)17-13(3)31-22(20(17)24(29)30-4)25-21(26)18-15-7-8-16(10-15)19(18)23(27)28/h5-6,9,15-16,18-19H,7-8,10H2,1-4H3,(H,25,26)(H,27,28)/t15-,16+,18+,19+/m1/s1. The van der Waals surface area contributed by atoms with Gasteiger partial charge in [0.25, 0.3) is 0 Å². The number of methoxy groups -OCH3 is 1. The first-order chi connectivity index (χ1) is 14.7. The van der Waals surface area contributed by atoms with Gasteiger partial charge in [-0.2, -0.15) is 0 Å². The van der Waals surface area contributed by atoms with E-state index in [1.807, 2.05) is 39.0 Å². The summed E-state index contributed by atoms with van der Waals surface area (Å²) in [4.78, 5) is 38.7. The summed E-state index contributed by atoms with van der Waals surface area (Å²) >= 11 is 1.33. The number of amides is 1. The Balaban J connectivity index is 1.72. The number of carbonyl (C=O) groups is 3. The number of rotatable bonds is 5. The van der Waals surface area contributed by atoms with Crippen molar-refractivity contribution in [3.8, 4) is 11.1 Å². The van der Waals surface area contributed by atoms with Crippen molar-refractivity contribution in [2.75, 3.05) is 12.4 Å². The summed E-state index contributed by atoms with van der Waals surface area (Å²) in [6, 6.07) is 6.00. The van der Waals surface area contributed by atoms with Crippen LogP contribution in [0.3, 0.4) is 0 Å². The highest BCUT2D eigenvalue weighted by atomic mass is 32.1. The van der Waals surface area contributed by atoms with Crippen LogP contribution in [0.15, 0.2) is 18.2 Å². The summed E-state index contributed by atoms with van der Waals surface area (Å²) in [6.45, 7) is 5.96. The third-order valence-corrected chi connectivity index (χ3v) is 8.03. The van der Waals surface area contributed by atoms with Crippen LogP contribution in [0.4, 0.5) is 5.00 Å². The largest absolute Gasteiger partial charge is 0.481 e. The minimum Gasteiger partial charge on any atom is -0.481 e. The van der Waals surface area contributed by atoms with E-state index < -0.39 is 23.8 Å². The SMILES string of the molecule is COC(=O)c1c(NC(=O)[C@H]2[C@@H]3CC[C@@H](C3)[C@@H]2C(=O)O)sc(C)c1-c1ccc(C)c(C)c1. The van der Waals surface area contributed by atoms with Crippen LogP contribution in [0.2, 0.25) is 0 Å². The fourth-order valence-electron chi connectivity index (χ4n) is 5.39. The third-order valence-electron chi connectivity index (χ3n) is 7.01. The van der Waals surface area contributed by atoms with Crippen LogP contribution >= 0.6 is 11.3 Å². The summed E-state index contributed by atoms with van der Waals surface area (Å²) in [5.41, 5.74) is 4.23. The molecule has 2 aliphatic rings. The molecule has 31 heavy (non-hydrogen) atoms. The Morgan fingerprint density at radius 1 is 1.06 bits per heavy atom. The molecule has 2 fully saturated rings. The molecule has 6 nitrogen and oxygen atoms in total. The van der Waals surface area contributed by atoms with Crippen LogP contribution in [-0.2, 0) is 14.3 Å². The molecule has 1 aromatic carbocycles. The van der Waals surface area contributed by atoms with Gasteiger partial charge in [-0.1, -0.05) is 18.2 Å². The molecule has 0 unspecified atom stereocenters. The van der Waals surface area contributed by atoms with Crippen LogP contribution in [0, 0.1) is 44.4 Å². The van der Waals surface area contributed by atoms with Crippen LogP contribution in [-0.4, -0.2) is 30.1 Å². The number of benzene rings is 1. The summed E-state index contributed by atoms with van der Waals surface area (Å²) in [6.07, 6.45) is 2.54. The number of ether oxygens (including phenoxy) is 1. The Labute approximate surface area is 185 Å². The number of fused-ring (bicyclic) bond motifs is 2. The van der Waals surface area contributed by atoms with Gasteiger partial charge in [-0.15, -0.1) is 11.3 Å². The van der Waals surface area contributed by atoms with Crippen LogP contribution in [0.1, 0.15) is 45.6 Å². The van der Waals surface area contributed by atoms with Gasteiger partial charge in [0.2, 0.25) is 5.91 Å². The third kappa shape index (κ3) is 3.65. The topological polar surface area (TPSA) is 92.7 Å². The number of aryl methyl sites for hydroxylation is 3. The van der Waals surface area contributed by atoms with E-state index in [2.05, 4.69) is 5.32 Å².